The summed E-state index contributed by atoms with van der Waals surface area (Å²) in [5.41, 5.74) is 1.83. The third-order valence-corrected chi connectivity index (χ3v) is 3.19. The standard InChI is InChI=1S/C17H19NO3/c1-18(2)16(17(19)20)14-8-10-15(11-9-14)21-12-13-6-4-3-5-7-13/h3-11,16H,12H2,1-2H3,(H,19,20)/t16-/m1/s1. The maximum atomic E-state index is 11.3. The molecule has 2 aromatic rings. The molecule has 0 saturated carbocycles. The molecule has 0 unspecified atom stereocenters. The van der Waals surface area contributed by atoms with Gasteiger partial charge in [0, 0.05) is 0 Å². The number of carbonyl (C=O) groups is 1. The quantitative estimate of drug-likeness (QED) is 0.886. The van der Waals surface area contributed by atoms with Gasteiger partial charge in [0.25, 0.3) is 0 Å². The highest BCUT2D eigenvalue weighted by atomic mass is 16.5. The van der Waals surface area contributed by atoms with Crippen molar-refractivity contribution in [3.05, 3.63) is 65.7 Å². The topological polar surface area (TPSA) is 49.8 Å². The Morgan fingerprint density at radius 1 is 1.10 bits per heavy atom. The summed E-state index contributed by atoms with van der Waals surface area (Å²) in [6.07, 6.45) is 0. The van der Waals surface area contributed by atoms with E-state index in [1.807, 2.05) is 30.3 Å². The van der Waals surface area contributed by atoms with E-state index in [1.165, 1.54) is 0 Å². The summed E-state index contributed by atoms with van der Waals surface area (Å²) in [5, 5.41) is 9.25. The third kappa shape index (κ3) is 4.07. The molecular formula is C17H19NO3. The zero-order valence-corrected chi connectivity index (χ0v) is 12.2. The summed E-state index contributed by atoms with van der Waals surface area (Å²) >= 11 is 0. The molecular weight excluding hydrogens is 266 g/mol. The van der Waals surface area contributed by atoms with Crippen molar-refractivity contribution in [3.8, 4) is 5.75 Å². The van der Waals surface area contributed by atoms with Gasteiger partial charge in [-0.3, -0.25) is 9.69 Å². The lowest BCUT2D eigenvalue weighted by Gasteiger charge is -2.20. The first-order valence-corrected chi connectivity index (χ1v) is 6.74. The van der Waals surface area contributed by atoms with E-state index in [0.717, 1.165) is 16.9 Å². The van der Waals surface area contributed by atoms with E-state index in [0.29, 0.717) is 6.61 Å². The number of nitrogens with zero attached hydrogens (tertiary/aromatic N) is 1. The zero-order chi connectivity index (χ0) is 15.2. The molecule has 0 spiro atoms. The minimum atomic E-state index is -0.863. The minimum absolute atomic E-state index is 0.496. The van der Waals surface area contributed by atoms with Gasteiger partial charge >= 0.3 is 5.97 Å². The number of rotatable bonds is 6. The second-order valence-corrected chi connectivity index (χ2v) is 5.05. The van der Waals surface area contributed by atoms with E-state index in [1.54, 1.807) is 43.3 Å². The Hall–Kier alpha value is -2.33. The van der Waals surface area contributed by atoms with Gasteiger partial charge in [-0.15, -0.1) is 0 Å². The van der Waals surface area contributed by atoms with Crippen LogP contribution < -0.4 is 4.74 Å². The van der Waals surface area contributed by atoms with Crippen molar-refractivity contribution >= 4 is 5.97 Å². The summed E-state index contributed by atoms with van der Waals surface area (Å²) in [6, 6.07) is 16.4. The smallest absolute Gasteiger partial charge is 0.325 e. The zero-order valence-electron chi connectivity index (χ0n) is 12.2. The first-order valence-electron chi connectivity index (χ1n) is 6.74. The first-order chi connectivity index (χ1) is 10.1. The van der Waals surface area contributed by atoms with Crippen molar-refractivity contribution in [3.63, 3.8) is 0 Å². The highest BCUT2D eigenvalue weighted by Crippen LogP contribution is 2.22. The van der Waals surface area contributed by atoms with Crippen LogP contribution in [-0.4, -0.2) is 30.1 Å². The van der Waals surface area contributed by atoms with Crippen LogP contribution in [0.4, 0.5) is 0 Å². The summed E-state index contributed by atoms with van der Waals surface area (Å²) in [7, 11) is 3.50. The molecule has 110 valence electrons. The van der Waals surface area contributed by atoms with E-state index in [4.69, 9.17) is 4.74 Å². The molecule has 1 atom stereocenters. The van der Waals surface area contributed by atoms with Crippen molar-refractivity contribution in [1.29, 1.82) is 0 Å². The lowest BCUT2D eigenvalue weighted by atomic mass is 10.1. The molecule has 0 fully saturated rings. The molecule has 4 heteroatoms. The molecule has 0 bridgehead atoms. The molecule has 0 saturated heterocycles. The number of hydrogen-bond donors (Lipinski definition) is 1. The second kappa shape index (κ2) is 6.90. The summed E-state index contributed by atoms with van der Waals surface area (Å²) in [6.45, 7) is 0.496. The van der Waals surface area contributed by atoms with Gasteiger partial charge < -0.3 is 9.84 Å². The van der Waals surface area contributed by atoms with Crippen molar-refractivity contribution in [2.24, 2.45) is 0 Å². The van der Waals surface area contributed by atoms with Crippen LogP contribution in [0.2, 0.25) is 0 Å². The second-order valence-electron chi connectivity index (χ2n) is 5.05. The van der Waals surface area contributed by atoms with Crippen LogP contribution in [0.1, 0.15) is 17.2 Å². The van der Waals surface area contributed by atoms with Gasteiger partial charge in [0.15, 0.2) is 0 Å². The predicted octanol–water partition coefficient (Wildman–Crippen LogP) is 2.95. The fourth-order valence-electron chi connectivity index (χ4n) is 2.15. The molecule has 2 rings (SSSR count). The Morgan fingerprint density at radius 3 is 2.24 bits per heavy atom. The molecule has 21 heavy (non-hydrogen) atoms. The van der Waals surface area contributed by atoms with Gasteiger partial charge in [-0.1, -0.05) is 42.5 Å². The normalized spacial score (nSPS) is 12.1. The van der Waals surface area contributed by atoms with Gasteiger partial charge in [0.1, 0.15) is 18.4 Å². The van der Waals surface area contributed by atoms with Crippen molar-refractivity contribution in [1.82, 2.24) is 4.90 Å². The average Bonchev–Trinajstić information content (AvgIpc) is 2.47. The lowest BCUT2D eigenvalue weighted by Crippen LogP contribution is -2.27. The van der Waals surface area contributed by atoms with E-state index in [2.05, 4.69) is 0 Å². The van der Waals surface area contributed by atoms with Crippen LogP contribution >= 0.6 is 0 Å². The van der Waals surface area contributed by atoms with Crippen LogP contribution in [-0.2, 0) is 11.4 Å². The third-order valence-electron chi connectivity index (χ3n) is 3.19. The van der Waals surface area contributed by atoms with E-state index in [-0.39, 0.29) is 0 Å². The lowest BCUT2D eigenvalue weighted by molar-refractivity contribution is -0.142. The van der Waals surface area contributed by atoms with Gasteiger partial charge in [0.2, 0.25) is 0 Å². The Bertz CT molecular complexity index is 579. The number of benzene rings is 2. The maximum absolute atomic E-state index is 11.3. The van der Waals surface area contributed by atoms with Crippen LogP contribution in [0.15, 0.2) is 54.6 Å². The molecule has 0 heterocycles. The number of aliphatic carboxylic acids is 1. The molecule has 1 N–H and O–H groups in total. The summed E-state index contributed by atoms with van der Waals surface area (Å²) in [5.74, 6) is -0.136. The number of carboxylic acid groups (broad SMARTS) is 1. The monoisotopic (exact) mass is 285 g/mol. The van der Waals surface area contributed by atoms with Gasteiger partial charge in [-0.25, -0.2) is 0 Å². The molecule has 0 aliphatic carbocycles. The Kier molecular flexibility index (Phi) is 4.95. The number of likely N-dealkylation sites (N-methyl/N-ethyl adjacent to an activating group) is 1. The van der Waals surface area contributed by atoms with Crippen LogP contribution in [0, 0.1) is 0 Å². The summed E-state index contributed by atoms with van der Waals surface area (Å²) < 4.78 is 5.69. The fraction of sp³-hybridized carbons (Fsp3) is 0.235. The van der Waals surface area contributed by atoms with Gasteiger partial charge in [0.05, 0.1) is 0 Å². The largest absolute Gasteiger partial charge is 0.489 e. The molecule has 4 nitrogen and oxygen atoms in total. The Balaban J connectivity index is 2.03. The average molecular weight is 285 g/mol. The highest BCUT2D eigenvalue weighted by molar-refractivity contribution is 5.75. The minimum Gasteiger partial charge on any atom is -0.489 e. The Labute approximate surface area is 124 Å². The van der Waals surface area contributed by atoms with E-state index in [9.17, 15) is 9.90 Å². The first kappa shape index (κ1) is 15.1. The predicted molar refractivity (Wildman–Crippen MR) is 81.3 cm³/mol. The van der Waals surface area contributed by atoms with E-state index >= 15 is 0 Å². The highest BCUT2D eigenvalue weighted by Gasteiger charge is 2.21. The molecule has 0 aliphatic rings. The number of carboxylic acids is 1. The fourth-order valence-corrected chi connectivity index (χ4v) is 2.15. The number of ether oxygens (including phenoxy) is 1. The summed E-state index contributed by atoms with van der Waals surface area (Å²) in [4.78, 5) is 12.9. The van der Waals surface area contributed by atoms with Gasteiger partial charge in [-0.2, -0.15) is 0 Å². The molecule has 0 radical (unpaired) electrons. The molecule has 0 aromatic heterocycles. The number of hydrogen-bond acceptors (Lipinski definition) is 3. The Morgan fingerprint density at radius 2 is 1.71 bits per heavy atom. The van der Waals surface area contributed by atoms with Crippen LogP contribution in [0.5, 0.6) is 5.75 Å². The SMILES string of the molecule is CN(C)[C@@H](C(=O)O)c1ccc(OCc2ccccc2)cc1. The molecule has 2 aromatic carbocycles. The molecule has 0 amide bonds. The van der Waals surface area contributed by atoms with Gasteiger partial charge in [-0.05, 0) is 37.4 Å². The van der Waals surface area contributed by atoms with Crippen LogP contribution in [0.3, 0.4) is 0 Å². The van der Waals surface area contributed by atoms with E-state index < -0.39 is 12.0 Å². The van der Waals surface area contributed by atoms with Crippen LogP contribution in [0.25, 0.3) is 0 Å². The van der Waals surface area contributed by atoms with Crippen molar-refractivity contribution < 1.29 is 14.6 Å². The molecule has 0 aliphatic heterocycles. The van der Waals surface area contributed by atoms with Crippen molar-refractivity contribution in [2.75, 3.05) is 14.1 Å². The van der Waals surface area contributed by atoms with Crippen molar-refractivity contribution in [2.45, 2.75) is 12.6 Å². The maximum Gasteiger partial charge on any atom is 0.325 e.